The van der Waals surface area contributed by atoms with Crippen LogP contribution in [0.1, 0.15) is 34.6 Å². The summed E-state index contributed by atoms with van der Waals surface area (Å²) in [7, 11) is -2.22. The zero-order valence-electron chi connectivity index (χ0n) is 18.9. The maximum atomic E-state index is 13.3. The summed E-state index contributed by atoms with van der Waals surface area (Å²) in [5.41, 5.74) is -2.50. The summed E-state index contributed by atoms with van der Waals surface area (Å²) in [5.74, 6) is -1.71. The predicted molar refractivity (Wildman–Crippen MR) is 117 cm³/mol. The van der Waals surface area contributed by atoms with E-state index in [4.69, 9.17) is 0 Å². The van der Waals surface area contributed by atoms with Crippen molar-refractivity contribution in [1.82, 2.24) is 9.21 Å². The fraction of sp³-hybridized carbons (Fsp3) is 0.435. The molecule has 0 saturated carbocycles. The summed E-state index contributed by atoms with van der Waals surface area (Å²) < 4.78 is 105. The summed E-state index contributed by atoms with van der Waals surface area (Å²) in [6, 6.07) is 9.97. The summed E-state index contributed by atoms with van der Waals surface area (Å²) in [6.45, 7) is -0.358. The second-order valence-corrected chi connectivity index (χ2v) is 10.6. The number of benzene rings is 2. The van der Waals surface area contributed by atoms with Crippen molar-refractivity contribution in [1.29, 1.82) is 0 Å². The Hall–Kier alpha value is -2.60. The Morgan fingerprint density at radius 2 is 1.54 bits per heavy atom. The maximum Gasteiger partial charge on any atom is 0.416 e. The van der Waals surface area contributed by atoms with Gasteiger partial charge < -0.3 is 4.90 Å². The molecular weight excluding hydrogens is 498 g/mol. The molecule has 0 radical (unpaired) electrons. The van der Waals surface area contributed by atoms with E-state index in [-0.39, 0.29) is 31.1 Å². The third-order valence-electron chi connectivity index (χ3n) is 6.03. The van der Waals surface area contributed by atoms with Gasteiger partial charge >= 0.3 is 12.4 Å². The first-order chi connectivity index (χ1) is 16.1. The molecule has 1 heterocycles. The number of amides is 1. The number of carbonyl (C=O) groups is 1. The highest BCUT2D eigenvalue weighted by atomic mass is 32.2. The van der Waals surface area contributed by atoms with Gasteiger partial charge in [-0.2, -0.15) is 26.3 Å². The van der Waals surface area contributed by atoms with Crippen molar-refractivity contribution < 1.29 is 39.6 Å². The number of piperidine rings is 1. The molecule has 1 amide bonds. The molecule has 35 heavy (non-hydrogen) atoms. The van der Waals surface area contributed by atoms with Crippen LogP contribution in [0.15, 0.2) is 48.5 Å². The Morgan fingerprint density at radius 1 is 1.00 bits per heavy atom. The van der Waals surface area contributed by atoms with Gasteiger partial charge in [-0.3, -0.25) is 4.79 Å². The van der Waals surface area contributed by atoms with Crippen molar-refractivity contribution in [2.75, 3.05) is 26.4 Å². The predicted octanol–water partition coefficient (Wildman–Crippen LogP) is 4.75. The maximum absolute atomic E-state index is 13.3. The number of sulfonamides is 1. The summed E-state index contributed by atoms with van der Waals surface area (Å²) in [5, 5.41) is 0. The Morgan fingerprint density at radius 3 is 2.03 bits per heavy atom. The summed E-state index contributed by atoms with van der Waals surface area (Å²) in [6.07, 6.45) is -8.76. The van der Waals surface area contributed by atoms with Gasteiger partial charge in [0.15, 0.2) is 0 Å². The van der Waals surface area contributed by atoms with E-state index < -0.39 is 57.8 Å². The molecule has 0 spiro atoms. The number of nitrogens with zero attached hydrogens (tertiary/aromatic N) is 2. The minimum atomic E-state index is -4.99. The largest absolute Gasteiger partial charge is 0.416 e. The van der Waals surface area contributed by atoms with E-state index in [1.807, 2.05) is 0 Å². The van der Waals surface area contributed by atoms with E-state index >= 15 is 0 Å². The molecule has 2 unspecified atom stereocenters. The molecule has 3 rings (SSSR count). The first-order valence-electron chi connectivity index (χ1n) is 10.6. The topological polar surface area (TPSA) is 57.7 Å². The highest BCUT2D eigenvalue weighted by Crippen LogP contribution is 2.38. The van der Waals surface area contributed by atoms with Crippen molar-refractivity contribution in [3.8, 4) is 0 Å². The van der Waals surface area contributed by atoms with Gasteiger partial charge in [0.2, 0.25) is 15.9 Å². The summed E-state index contributed by atoms with van der Waals surface area (Å²) in [4.78, 5) is 14.4. The van der Waals surface area contributed by atoms with Crippen molar-refractivity contribution >= 4 is 15.9 Å². The molecule has 1 fully saturated rings. The van der Waals surface area contributed by atoms with Gasteiger partial charge in [-0.15, -0.1) is 0 Å². The van der Waals surface area contributed by atoms with Crippen LogP contribution in [0.25, 0.3) is 0 Å². The van der Waals surface area contributed by atoms with Gasteiger partial charge in [0.1, 0.15) is 0 Å². The van der Waals surface area contributed by atoms with Gasteiger partial charge in [0.25, 0.3) is 0 Å². The zero-order chi connectivity index (χ0) is 26.2. The first kappa shape index (κ1) is 27.0. The highest BCUT2D eigenvalue weighted by Gasteiger charge is 2.40. The van der Waals surface area contributed by atoms with Gasteiger partial charge in [0, 0.05) is 38.5 Å². The second kappa shape index (κ2) is 9.81. The number of hydrogen-bond acceptors (Lipinski definition) is 3. The molecule has 1 aliphatic rings. The molecule has 0 aromatic heterocycles. The number of carbonyl (C=O) groups excluding carboxylic acids is 1. The molecule has 192 valence electrons. The average molecular weight is 523 g/mol. The highest BCUT2D eigenvalue weighted by molar-refractivity contribution is 7.88. The molecule has 0 N–H and O–H groups in total. The molecular formula is C23H24F6N2O3S. The van der Waals surface area contributed by atoms with E-state index in [0.717, 1.165) is 11.2 Å². The standard InChI is InChI=1S/C23H24F6N2O3S/c1-30(13-15-10-17(22(24,25)26)12-18(11-15)23(27,28)29)21(32)19-8-9-31(35(2,33)34)14-20(19)16-6-4-3-5-7-16/h3-7,10-12,19-20H,8-9,13-14H2,1-2H3. The Bertz CT molecular complexity index is 1130. The normalized spacial score (nSPS) is 20.0. The van der Waals surface area contributed by atoms with E-state index in [1.165, 1.54) is 11.4 Å². The van der Waals surface area contributed by atoms with Crippen LogP contribution in [0.3, 0.4) is 0 Å². The van der Waals surface area contributed by atoms with Crippen LogP contribution in [0.4, 0.5) is 26.3 Å². The lowest BCUT2D eigenvalue weighted by molar-refractivity contribution is -0.143. The molecule has 5 nitrogen and oxygen atoms in total. The molecule has 2 aromatic rings. The number of hydrogen-bond donors (Lipinski definition) is 0. The summed E-state index contributed by atoms with van der Waals surface area (Å²) >= 11 is 0. The minimum Gasteiger partial charge on any atom is -0.341 e. The fourth-order valence-corrected chi connectivity index (χ4v) is 5.17. The van der Waals surface area contributed by atoms with Gasteiger partial charge in [0.05, 0.1) is 17.4 Å². The fourth-order valence-electron chi connectivity index (χ4n) is 4.30. The molecule has 1 saturated heterocycles. The lowest BCUT2D eigenvalue weighted by atomic mass is 9.80. The second-order valence-electron chi connectivity index (χ2n) is 8.64. The van der Waals surface area contributed by atoms with Gasteiger partial charge in [-0.25, -0.2) is 12.7 Å². The van der Waals surface area contributed by atoms with Crippen molar-refractivity contribution in [3.05, 3.63) is 70.8 Å². The SMILES string of the molecule is CN(Cc1cc(C(F)(F)F)cc(C(F)(F)F)c1)C(=O)C1CCN(S(C)(=O)=O)CC1c1ccccc1. The smallest absolute Gasteiger partial charge is 0.341 e. The minimum absolute atomic E-state index is 0.0366. The average Bonchev–Trinajstić information content (AvgIpc) is 2.76. The third kappa shape index (κ3) is 6.54. The monoisotopic (exact) mass is 522 g/mol. The quantitative estimate of drug-likeness (QED) is 0.533. The molecule has 0 bridgehead atoms. The molecule has 2 atom stereocenters. The molecule has 12 heteroatoms. The zero-order valence-corrected chi connectivity index (χ0v) is 19.7. The van der Waals surface area contributed by atoms with E-state index in [1.54, 1.807) is 30.3 Å². The number of alkyl halides is 6. The van der Waals surface area contributed by atoms with Gasteiger partial charge in [-0.1, -0.05) is 30.3 Å². The van der Waals surface area contributed by atoms with Crippen LogP contribution in [0.2, 0.25) is 0 Å². The van der Waals surface area contributed by atoms with Crippen LogP contribution in [0.5, 0.6) is 0 Å². The van der Waals surface area contributed by atoms with E-state index in [9.17, 15) is 39.6 Å². The molecule has 0 aliphatic carbocycles. The van der Waals surface area contributed by atoms with Crippen LogP contribution in [-0.2, 0) is 33.7 Å². The van der Waals surface area contributed by atoms with Crippen molar-refractivity contribution in [2.24, 2.45) is 5.92 Å². The molecule has 2 aromatic carbocycles. The van der Waals surface area contributed by atoms with E-state index in [2.05, 4.69) is 0 Å². The lowest BCUT2D eigenvalue weighted by Gasteiger charge is -2.38. The third-order valence-corrected chi connectivity index (χ3v) is 7.30. The van der Waals surface area contributed by atoms with E-state index in [0.29, 0.717) is 17.7 Å². The van der Waals surface area contributed by atoms with Crippen molar-refractivity contribution in [2.45, 2.75) is 31.2 Å². The van der Waals surface area contributed by atoms with Crippen LogP contribution in [0, 0.1) is 5.92 Å². The number of rotatable bonds is 5. The Balaban J connectivity index is 1.89. The Kier molecular flexibility index (Phi) is 7.56. The lowest BCUT2D eigenvalue weighted by Crippen LogP contribution is -2.47. The first-order valence-corrected chi connectivity index (χ1v) is 12.5. The Labute approximate surface area is 199 Å². The van der Waals surface area contributed by atoms with Crippen molar-refractivity contribution in [3.63, 3.8) is 0 Å². The van der Waals surface area contributed by atoms with Crippen LogP contribution < -0.4 is 0 Å². The number of halogens is 6. The molecule has 1 aliphatic heterocycles. The van der Waals surface area contributed by atoms with Gasteiger partial charge in [-0.05, 0) is 35.7 Å². The van der Waals surface area contributed by atoms with Crippen LogP contribution in [-0.4, -0.2) is 49.9 Å². The van der Waals surface area contributed by atoms with Crippen LogP contribution >= 0.6 is 0 Å².